The van der Waals surface area contributed by atoms with E-state index >= 15 is 0 Å². The van der Waals surface area contributed by atoms with Gasteiger partial charge in [0.2, 0.25) is 0 Å². The fraction of sp³-hybridized carbons (Fsp3) is 0.938. The Kier molecular flexibility index (Phi) is 27.4. The number of ether oxygens (including phenoxy) is 2. The van der Waals surface area contributed by atoms with Crippen molar-refractivity contribution in [1.82, 2.24) is 0 Å². The Morgan fingerprint density at radius 3 is 1.62 bits per heavy atom. The largest absolute Gasteiger partial charge is 0.756 e. The van der Waals surface area contributed by atoms with E-state index in [1.165, 1.54) is 116 Å². The second-order valence-corrected chi connectivity index (χ2v) is 13.6. The summed E-state index contributed by atoms with van der Waals surface area (Å²) in [5.74, 6) is 0. The van der Waals surface area contributed by atoms with E-state index in [-0.39, 0.29) is 13.2 Å². The van der Waals surface area contributed by atoms with Gasteiger partial charge in [-0.05, 0) is 32.1 Å². The predicted molar refractivity (Wildman–Crippen MR) is 167 cm³/mol. The zero-order valence-corrected chi connectivity index (χ0v) is 27.9. The quantitative estimate of drug-likeness (QED) is 0.0350. The first kappa shape index (κ1) is 39.7. The number of nitrogens with zero attached hydrogens (tertiary/aromatic N) is 1. The maximum Gasteiger partial charge on any atom is 0.268 e. The van der Waals surface area contributed by atoms with Gasteiger partial charge in [0.1, 0.15) is 19.3 Å². The third-order valence-electron chi connectivity index (χ3n) is 7.12. The standard InChI is InChI=1S/C32H66NO6P/c1-6-7-8-9-10-11-12-13-14-15-16-17-18-19-20-21-22-23-24-25-26-28-37-30-32(36-5)31-39-40(34,35)38-29-27-33(2,3)4/h17-18,32H,6-16,19-31H2,1-5H3/b18-17-/t32-/m1/s1. The molecule has 0 amide bonds. The minimum absolute atomic E-state index is 0.0922. The summed E-state index contributed by atoms with van der Waals surface area (Å²) in [6.07, 6.45) is 29.5. The van der Waals surface area contributed by atoms with Gasteiger partial charge in [-0.1, -0.05) is 109 Å². The van der Waals surface area contributed by atoms with E-state index in [1.54, 1.807) is 0 Å². The Morgan fingerprint density at radius 1 is 0.675 bits per heavy atom. The first-order valence-electron chi connectivity index (χ1n) is 16.4. The summed E-state index contributed by atoms with van der Waals surface area (Å²) in [4.78, 5) is 11.9. The number of allylic oxidation sites excluding steroid dienone is 2. The molecule has 0 saturated heterocycles. The van der Waals surface area contributed by atoms with Crippen LogP contribution in [0.15, 0.2) is 12.2 Å². The summed E-state index contributed by atoms with van der Waals surface area (Å²) in [5, 5.41) is 0. The first-order valence-corrected chi connectivity index (χ1v) is 17.8. The van der Waals surface area contributed by atoms with Crippen LogP contribution in [0.25, 0.3) is 0 Å². The molecule has 0 saturated carbocycles. The van der Waals surface area contributed by atoms with Gasteiger partial charge in [0.05, 0.1) is 34.4 Å². The summed E-state index contributed by atoms with van der Waals surface area (Å²) in [7, 11) is 3.11. The normalized spacial score (nSPS) is 14.7. The highest BCUT2D eigenvalue weighted by molar-refractivity contribution is 7.45. The number of methoxy groups -OCH3 is 1. The van der Waals surface area contributed by atoms with E-state index < -0.39 is 13.9 Å². The molecule has 0 aliphatic rings. The number of hydrogen-bond donors (Lipinski definition) is 0. The van der Waals surface area contributed by atoms with Crippen molar-refractivity contribution in [3.63, 3.8) is 0 Å². The highest BCUT2D eigenvalue weighted by atomic mass is 31.2. The number of hydrogen-bond acceptors (Lipinski definition) is 6. The van der Waals surface area contributed by atoms with Gasteiger partial charge in [-0.3, -0.25) is 4.57 Å². The molecule has 0 N–H and O–H groups in total. The third kappa shape index (κ3) is 30.7. The van der Waals surface area contributed by atoms with E-state index in [9.17, 15) is 9.46 Å². The fourth-order valence-corrected chi connectivity index (χ4v) is 5.10. The lowest BCUT2D eigenvalue weighted by Gasteiger charge is -2.28. The van der Waals surface area contributed by atoms with E-state index in [0.717, 1.165) is 12.8 Å². The van der Waals surface area contributed by atoms with E-state index in [2.05, 4.69) is 19.1 Å². The molecule has 0 spiro atoms. The average molecular weight is 592 g/mol. The number of unbranched alkanes of at least 4 members (excludes halogenated alkanes) is 17. The van der Waals surface area contributed by atoms with Gasteiger partial charge in [0, 0.05) is 13.7 Å². The lowest BCUT2D eigenvalue weighted by Crippen LogP contribution is -2.37. The molecule has 0 aromatic heterocycles. The lowest BCUT2D eigenvalue weighted by atomic mass is 10.1. The van der Waals surface area contributed by atoms with Gasteiger partial charge >= 0.3 is 0 Å². The molecular formula is C32H66NO6P. The minimum Gasteiger partial charge on any atom is -0.756 e. The van der Waals surface area contributed by atoms with Crippen LogP contribution in [-0.4, -0.2) is 71.8 Å². The number of likely N-dealkylation sites (N-methyl/N-ethyl adjacent to an activating group) is 1. The lowest BCUT2D eigenvalue weighted by molar-refractivity contribution is -0.870. The van der Waals surface area contributed by atoms with Crippen molar-refractivity contribution in [3.8, 4) is 0 Å². The molecule has 0 heterocycles. The Balaban J connectivity index is 3.46. The van der Waals surface area contributed by atoms with E-state index in [0.29, 0.717) is 24.2 Å². The van der Waals surface area contributed by atoms with Gasteiger partial charge < -0.3 is 27.9 Å². The van der Waals surface area contributed by atoms with Crippen LogP contribution in [0.1, 0.15) is 129 Å². The molecule has 0 rings (SSSR count). The molecule has 40 heavy (non-hydrogen) atoms. The smallest absolute Gasteiger partial charge is 0.268 e. The molecule has 0 aliphatic carbocycles. The molecule has 0 bridgehead atoms. The molecule has 0 aromatic carbocycles. The highest BCUT2D eigenvalue weighted by Gasteiger charge is 2.16. The molecule has 2 atom stereocenters. The fourth-order valence-electron chi connectivity index (χ4n) is 4.37. The van der Waals surface area contributed by atoms with Crippen molar-refractivity contribution in [2.75, 3.05) is 61.2 Å². The van der Waals surface area contributed by atoms with Crippen molar-refractivity contribution >= 4 is 7.82 Å². The van der Waals surface area contributed by atoms with Crippen molar-refractivity contribution in [1.29, 1.82) is 0 Å². The van der Waals surface area contributed by atoms with Gasteiger partial charge in [-0.2, -0.15) is 0 Å². The molecule has 8 heteroatoms. The summed E-state index contributed by atoms with van der Waals surface area (Å²) in [5.41, 5.74) is 0. The second-order valence-electron chi connectivity index (χ2n) is 12.2. The maximum absolute atomic E-state index is 11.9. The SMILES string of the molecule is CCCCCCCCCCCC/C=C\CCCCCCCCCOC[C@H](COP(=O)([O-])OCC[N+](C)(C)C)OC. The van der Waals surface area contributed by atoms with Gasteiger partial charge in [0.25, 0.3) is 7.82 Å². The van der Waals surface area contributed by atoms with Crippen LogP contribution in [0.2, 0.25) is 0 Å². The monoisotopic (exact) mass is 591 g/mol. The topological polar surface area (TPSA) is 77.1 Å². The number of quaternary nitrogens is 1. The van der Waals surface area contributed by atoms with E-state index in [4.69, 9.17) is 18.5 Å². The van der Waals surface area contributed by atoms with Gasteiger partial charge in [-0.15, -0.1) is 0 Å². The molecule has 0 aliphatic heterocycles. The maximum atomic E-state index is 11.9. The second kappa shape index (κ2) is 27.6. The Hall–Kier alpha value is -0.270. The summed E-state index contributed by atoms with van der Waals surface area (Å²) < 4.78 is 33.3. The van der Waals surface area contributed by atoms with Crippen LogP contribution in [0.4, 0.5) is 0 Å². The Bertz CT molecular complexity index is 611. The zero-order valence-electron chi connectivity index (χ0n) is 27.0. The van der Waals surface area contributed by atoms with Crippen molar-refractivity contribution in [2.24, 2.45) is 0 Å². The van der Waals surface area contributed by atoms with E-state index in [1.807, 2.05) is 21.1 Å². The average Bonchev–Trinajstić information content (AvgIpc) is 2.90. The number of phosphoric acid groups is 1. The molecule has 0 radical (unpaired) electrons. The molecule has 240 valence electrons. The minimum atomic E-state index is -4.33. The van der Waals surface area contributed by atoms with Crippen LogP contribution in [-0.2, 0) is 23.1 Å². The van der Waals surface area contributed by atoms with Gasteiger partial charge in [0.15, 0.2) is 0 Å². The highest BCUT2D eigenvalue weighted by Crippen LogP contribution is 2.38. The molecular weight excluding hydrogens is 525 g/mol. The van der Waals surface area contributed by atoms with Gasteiger partial charge in [-0.25, -0.2) is 0 Å². The third-order valence-corrected chi connectivity index (χ3v) is 8.08. The van der Waals surface area contributed by atoms with Crippen LogP contribution < -0.4 is 4.89 Å². The number of rotatable bonds is 31. The molecule has 7 nitrogen and oxygen atoms in total. The molecule has 1 unspecified atom stereocenters. The molecule has 0 aromatic rings. The summed E-state index contributed by atoms with van der Waals surface area (Å²) in [6, 6.07) is 0. The zero-order chi connectivity index (χ0) is 29.8. The van der Waals surface area contributed by atoms with Crippen molar-refractivity contribution in [3.05, 3.63) is 12.2 Å². The Morgan fingerprint density at radius 2 is 1.15 bits per heavy atom. The predicted octanol–water partition coefficient (Wildman–Crippen LogP) is 8.21. The summed E-state index contributed by atoms with van der Waals surface area (Å²) in [6.45, 7) is 3.80. The van der Waals surface area contributed by atoms with Crippen LogP contribution in [0.3, 0.4) is 0 Å². The van der Waals surface area contributed by atoms with Crippen LogP contribution in [0, 0.1) is 0 Å². The van der Waals surface area contributed by atoms with Crippen molar-refractivity contribution in [2.45, 2.75) is 135 Å². The Labute approximate surface area is 248 Å². The summed E-state index contributed by atoms with van der Waals surface area (Å²) >= 11 is 0. The van der Waals surface area contributed by atoms with Crippen molar-refractivity contribution < 1.29 is 32.5 Å². The van der Waals surface area contributed by atoms with Crippen LogP contribution >= 0.6 is 7.82 Å². The first-order chi connectivity index (χ1) is 19.2. The number of phosphoric ester groups is 1. The molecule has 0 fully saturated rings. The van der Waals surface area contributed by atoms with Crippen LogP contribution in [0.5, 0.6) is 0 Å².